The fourth-order valence-corrected chi connectivity index (χ4v) is 3.14. The van der Waals surface area contributed by atoms with E-state index in [1.807, 2.05) is 11.3 Å². The lowest BCUT2D eigenvalue weighted by atomic mass is 10.1. The molecular formula is C15H19NS. The van der Waals surface area contributed by atoms with E-state index in [9.17, 15) is 0 Å². The van der Waals surface area contributed by atoms with Crippen LogP contribution in [-0.2, 0) is 0 Å². The number of aryl methyl sites for hydroxylation is 3. The minimum Gasteiger partial charge on any atom is -0.378 e. The standard InChI is InChI=1S/C15H19NS/c1-10-7-11(2)9-14(8-10)16-13(4)15-12(3)5-6-17-15/h5-9,13,16H,1-4H3. The number of benzene rings is 1. The molecule has 1 nitrogen and oxygen atoms in total. The first-order valence-corrected chi connectivity index (χ1v) is 6.83. The zero-order chi connectivity index (χ0) is 12.4. The van der Waals surface area contributed by atoms with Crippen molar-refractivity contribution in [3.05, 3.63) is 51.2 Å². The number of anilines is 1. The molecule has 1 aromatic carbocycles. The fraction of sp³-hybridized carbons (Fsp3) is 0.333. The number of hydrogen-bond acceptors (Lipinski definition) is 2. The van der Waals surface area contributed by atoms with Crippen LogP contribution in [0.3, 0.4) is 0 Å². The summed E-state index contributed by atoms with van der Waals surface area (Å²) in [5, 5.41) is 5.73. The predicted molar refractivity (Wildman–Crippen MR) is 77.0 cm³/mol. The molecule has 0 amide bonds. The van der Waals surface area contributed by atoms with E-state index in [-0.39, 0.29) is 0 Å². The highest BCUT2D eigenvalue weighted by Gasteiger charge is 2.09. The lowest BCUT2D eigenvalue weighted by molar-refractivity contribution is 0.898. The minimum atomic E-state index is 0.371. The average molecular weight is 245 g/mol. The first kappa shape index (κ1) is 12.2. The number of hydrogen-bond donors (Lipinski definition) is 1. The monoisotopic (exact) mass is 245 g/mol. The van der Waals surface area contributed by atoms with E-state index in [4.69, 9.17) is 0 Å². The molecule has 1 unspecified atom stereocenters. The van der Waals surface area contributed by atoms with Gasteiger partial charge in [-0.15, -0.1) is 11.3 Å². The zero-order valence-electron chi connectivity index (χ0n) is 10.9. The van der Waals surface area contributed by atoms with Crippen LogP contribution >= 0.6 is 11.3 Å². The first-order valence-electron chi connectivity index (χ1n) is 5.95. The maximum absolute atomic E-state index is 3.58. The normalized spacial score (nSPS) is 12.5. The van der Waals surface area contributed by atoms with Gasteiger partial charge >= 0.3 is 0 Å². The van der Waals surface area contributed by atoms with E-state index in [0.717, 1.165) is 0 Å². The summed E-state index contributed by atoms with van der Waals surface area (Å²) in [6.45, 7) is 8.67. The van der Waals surface area contributed by atoms with Crippen LogP contribution in [0, 0.1) is 20.8 Å². The van der Waals surface area contributed by atoms with E-state index < -0.39 is 0 Å². The molecule has 0 spiro atoms. The Morgan fingerprint density at radius 3 is 2.24 bits per heavy atom. The minimum absolute atomic E-state index is 0.371. The molecule has 1 atom stereocenters. The van der Waals surface area contributed by atoms with Crippen LogP contribution in [0.15, 0.2) is 29.6 Å². The summed E-state index contributed by atoms with van der Waals surface area (Å²) in [6, 6.07) is 9.15. The second-order valence-electron chi connectivity index (χ2n) is 4.71. The van der Waals surface area contributed by atoms with Gasteiger partial charge in [0, 0.05) is 10.6 Å². The van der Waals surface area contributed by atoms with Crippen molar-refractivity contribution in [2.24, 2.45) is 0 Å². The van der Waals surface area contributed by atoms with Crippen molar-refractivity contribution in [1.29, 1.82) is 0 Å². The van der Waals surface area contributed by atoms with Gasteiger partial charge in [-0.05, 0) is 68.0 Å². The summed E-state index contributed by atoms with van der Waals surface area (Å²) in [6.07, 6.45) is 0. The fourth-order valence-electron chi connectivity index (χ4n) is 2.20. The van der Waals surface area contributed by atoms with Crippen LogP contribution in [0.25, 0.3) is 0 Å². The van der Waals surface area contributed by atoms with Gasteiger partial charge in [-0.25, -0.2) is 0 Å². The van der Waals surface area contributed by atoms with Crippen molar-refractivity contribution in [2.45, 2.75) is 33.7 Å². The SMILES string of the molecule is Cc1cc(C)cc(NC(C)c2sccc2C)c1. The molecule has 90 valence electrons. The van der Waals surface area contributed by atoms with E-state index in [1.54, 1.807) is 0 Å². The molecule has 0 aliphatic rings. The molecule has 2 rings (SSSR count). The summed E-state index contributed by atoms with van der Waals surface area (Å²) in [4.78, 5) is 1.42. The number of nitrogens with one attached hydrogen (secondary N) is 1. The van der Waals surface area contributed by atoms with Crippen molar-refractivity contribution in [2.75, 3.05) is 5.32 Å². The van der Waals surface area contributed by atoms with Gasteiger partial charge in [0.25, 0.3) is 0 Å². The Morgan fingerprint density at radius 1 is 1.06 bits per heavy atom. The van der Waals surface area contributed by atoms with E-state index in [2.05, 4.69) is 62.7 Å². The topological polar surface area (TPSA) is 12.0 Å². The molecule has 1 heterocycles. The van der Waals surface area contributed by atoms with Gasteiger partial charge in [0.1, 0.15) is 0 Å². The van der Waals surface area contributed by atoms with Crippen LogP contribution in [0.2, 0.25) is 0 Å². The zero-order valence-corrected chi connectivity index (χ0v) is 11.7. The molecule has 2 aromatic rings. The molecule has 2 heteroatoms. The highest BCUT2D eigenvalue weighted by molar-refractivity contribution is 7.10. The lowest BCUT2D eigenvalue weighted by Gasteiger charge is -2.16. The van der Waals surface area contributed by atoms with Gasteiger partial charge in [0.2, 0.25) is 0 Å². The Morgan fingerprint density at radius 2 is 1.71 bits per heavy atom. The summed E-state index contributed by atoms with van der Waals surface area (Å²) < 4.78 is 0. The summed E-state index contributed by atoms with van der Waals surface area (Å²) in [5.41, 5.74) is 5.20. The Labute approximate surface area is 108 Å². The van der Waals surface area contributed by atoms with Crippen LogP contribution in [0.1, 0.15) is 34.5 Å². The third-order valence-corrected chi connectivity index (χ3v) is 4.10. The Balaban J connectivity index is 2.18. The van der Waals surface area contributed by atoms with Crippen LogP contribution in [0.5, 0.6) is 0 Å². The molecule has 0 aliphatic heterocycles. The van der Waals surface area contributed by atoms with Gasteiger partial charge in [0.05, 0.1) is 6.04 Å². The van der Waals surface area contributed by atoms with Crippen LogP contribution in [-0.4, -0.2) is 0 Å². The second kappa shape index (κ2) is 4.92. The smallest absolute Gasteiger partial charge is 0.0581 e. The van der Waals surface area contributed by atoms with Crippen molar-refractivity contribution in [3.8, 4) is 0 Å². The van der Waals surface area contributed by atoms with Gasteiger partial charge in [-0.1, -0.05) is 6.07 Å². The molecule has 1 N–H and O–H groups in total. The Bertz CT molecular complexity index is 493. The highest BCUT2D eigenvalue weighted by Crippen LogP contribution is 2.27. The van der Waals surface area contributed by atoms with Gasteiger partial charge in [0.15, 0.2) is 0 Å². The number of rotatable bonds is 3. The van der Waals surface area contributed by atoms with Crippen molar-refractivity contribution >= 4 is 17.0 Å². The second-order valence-corrected chi connectivity index (χ2v) is 5.66. The van der Waals surface area contributed by atoms with Crippen molar-refractivity contribution in [3.63, 3.8) is 0 Å². The third kappa shape index (κ3) is 2.89. The molecule has 0 saturated carbocycles. The molecule has 0 aliphatic carbocycles. The molecule has 0 bridgehead atoms. The maximum Gasteiger partial charge on any atom is 0.0581 e. The molecule has 1 aromatic heterocycles. The highest BCUT2D eigenvalue weighted by atomic mass is 32.1. The Hall–Kier alpha value is -1.28. The van der Waals surface area contributed by atoms with Crippen molar-refractivity contribution < 1.29 is 0 Å². The van der Waals surface area contributed by atoms with E-state index in [0.29, 0.717) is 6.04 Å². The lowest BCUT2D eigenvalue weighted by Crippen LogP contribution is -2.06. The van der Waals surface area contributed by atoms with Crippen LogP contribution < -0.4 is 5.32 Å². The maximum atomic E-state index is 3.58. The Kier molecular flexibility index (Phi) is 3.53. The largest absolute Gasteiger partial charge is 0.378 e. The predicted octanol–water partition coefficient (Wildman–Crippen LogP) is 4.85. The summed E-state index contributed by atoms with van der Waals surface area (Å²) in [5.74, 6) is 0. The van der Waals surface area contributed by atoms with E-state index in [1.165, 1.54) is 27.3 Å². The van der Waals surface area contributed by atoms with Crippen molar-refractivity contribution in [1.82, 2.24) is 0 Å². The molecule has 0 saturated heterocycles. The average Bonchev–Trinajstić information content (AvgIpc) is 2.62. The summed E-state index contributed by atoms with van der Waals surface area (Å²) in [7, 11) is 0. The third-order valence-electron chi connectivity index (χ3n) is 2.90. The first-order chi connectivity index (χ1) is 8.06. The quantitative estimate of drug-likeness (QED) is 0.815. The van der Waals surface area contributed by atoms with Gasteiger partial charge < -0.3 is 5.32 Å². The van der Waals surface area contributed by atoms with E-state index >= 15 is 0 Å². The summed E-state index contributed by atoms with van der Waals surface area (Å²) >= 11 is 1.82. The van der Waals surface area contributed by atoms with Gasteiger partial charge in [-0.3, -0.25) is 0 Å². The van der Waals surface area contributed by atoms with Gasteiger partial charge in [-0.2, -0.15) is 0 Å². The molecule has 0 fully saturated rings. The molecule has 17 heavy (non-hydrogen) atoms. The molecule has 0 radical (unpaired) electrons. The molecular weight excluding hydrogens is 226 g/mol. The van der Waals surface area contributed by atoms with Crippen LogP contribution in [0.4, 0.5) is 5.69 Å². The number of thiophene rings is 1.